The smallest absolute Gasteiger partial charge is 0.186 e. The van der Waals surface area contributed by atoms with Crippen LogP contribution in [-0.4, -0.2) is 25.9 Å². The van der Waals surface area contributed by atoms with Crippen LogP contribution in [0.4, 0.5) is 0 Å². The number of hydrogen-bond donors (Lipinski definition) is 0. The van der Waals surface area contributed by atoms with Gasteiger partial charge in [-0.2, -0.15) is 0 Å². The number of sulfone groups is 1. The Kier molecular flexibility index (Phi) is 3.18. The maximum atomic E-state index is 13.1. The van der Waals surface area contributed by atoms with Crippen molar-refractivity contribution in [2.24, 2.45) is 5.92 Å². The predicted molar refractivity (Wildman–Crippen MR) is 73.7 cm³/mol. The predicted octanol–water partition coefficient (Wildman–Crippen LogP) is 2.81. The summed E-state index contributed by atoms with van der Waals surface area (Å²) in [6.07, 6.45) is 3.32. The first kappa shape index (κ1) is 13.1. The van der Waals surface area contributed by atoms with Crippen LogP contribution in [-0.2, 0) is 14.6 Å². The van der Waals surface area contributed by atoms with Gasteiger partial charge in [0.2, 0.25) is 0 Å². The van der Waals surface area contributed by atoms with E-state index in [1.807, 2.05) is 6.07 Å². The van der Waals surface area contributed by atoms with Gasteiger partial charge in [-0.05, 0) is 25.0 Å². The van der Waals surface area contributed by atoms with E-state index in [0.717, 1.165) is 25.7 Å². The van der Waals surface area contributed by atoms with Crippen molar-refractivity contribution in [2.75, 3.05) is 6.61 Å². The fourth-order valence-corrected chi connectivity index (χ4v) is 5.99. The topological polar surface area (TPSA) is 43.4 Å². The molecule has 0 radical (unpaired) electrons. The Morgan fingerprint density at radius 2 is 1.79 bits per heavy atom. The molecule has 104 valence electrons. The summed E-state index contributed by atoms with van der Waals surface area (Å²) in [4.78, 5) is 0.444. The summed E-state index contributed by atoms with van der Waals surface area (Å²) in [5.41, 5.74) is 0. The largest absolute Gasteiger partial charge is 0.376 e. The molecule has 2 atom stereocenters. The lowest BCUT2D eigenvalue weighted by Gasteiger charge is -2.46. The Bertz CT molecular complexity index is 544. The zero-order valence-electron chi connectivity index (χ0n) is 11.2. The second kappa shape index (κ2) is 4.60. The Labute approximate surface area is 114 Å². The van der Waals surface area contributed by atoms with Crippen molar-refractivity contribution in [1.82, 2.24) is 0 Å². The lowest BCUT2D eigenvalue weighted by Crippen LogP contribution is -2.57. The molecule has 2 fully saturated rings. The normalized spacial score (nSPS) is 29.9. The van der Waals surface area contributed by atoms with Crippen molar-refractivity contribution in [3.63, 3.8) is 0 Å². The third-order valence-corrected chi connectivity index (χ3v) is 7.22. The molecule has 1 saturated heterocycles. The van der Waals surface area contributed by atoms with Crippen molar-refractivity contribution in [3.05, 3.63) is 30.3 Å². The quantitative estimate of drug-likeness (QED) is 0.855. The van der Waals surface area contributed by atoms with Gasteiger partial charge < -0.3 is 4.74 Å². The monoisotopic (exact) mass is 280 g/mol. The number of benzene rings is 1. The molecule has 1 saturated carbocycles. The van der Waals surface area contributed by atoms with Crippen LogP contribution >= 0.6 is 0 Å². The molecule has 0 spiro atoms. The molecule has 1 heterocycles. The van der Waals surface area contributed by atoms with Crippen LogP contribution in [0.15, 0.2) is 35.2 Å². The molecule has 1 aliphatic heterocycles. The van der Waals surface area contributed by atoms with Crippen molar-refractivity contribution in [2.45, 2.75) is 48.4 Å². The van der Waals surface area contributed by atoms with Crippen LogP contribution in [0.5, 0.6) is 0 Å². The lowest BCUT2D eigenvalue weighted by atomic mass is 9.86. The number of rotatable bonds is 3. The fourth-order valence-electron chi connectivity index (χ4n) is 3.57. The summed E-state index contributed by atoms with van der Waals surface area (Å²) in [5, 5.41) is 0. The molecule has 3 nitrogen and oxygen atoms in total. The first-order chi connectivity index (χ1) is 9.08. The number of ether oxygens (including phenoxy) is 1. The second-order valence-electron chi connectivity index (χ2n) is 5.82. The van der Waals surface area contributed by atoms with Gasteiger partial charge in [0.05, 0.1) is 17.6 Å². The van der Waals surface area contributed by atoms with Gasteiger partial charge in [-0.1, -0.05) is 38.0 Å². The average Bonchev–Trinajstić information content (AvgIpc) is 2.89. The molecule has 0 aromatic heterocycles. The standard InChI is InChI=1S/C15H20O3S/c1-12-11-18-14(12)15(9-5-6-10-15)19(16,17)13-7-3-2-4-8-13/h2-4,7-8,12,14H,5-6,9-11H2,1H3/t12-,14+/m1/s1. The molecule has 0 bridgehead atoms. The third kappa shape index (κ3) is 1.84. The minimum Gasteiger partial charge on any atom is -0.376 e. The molecule has 0 N–H and O–H groups in total. The van der Waals surface area contributed by atoms with E-state index in [4.69, 9.17) is 4.74 Å². The van der Waals surface area contributed by atoms with Crippen molar-refractivity contribution >= 4 is 9.84 Å². The van der Waals surface area contributed by atoms with E-state index < -0.39 is 14.6 Å². The van der Waals surface area contributed by atoms with E-state index in [1.165, 1.54) is 0 Å². The Balaban J connectivity index is 2.05. The summed E-state index contributed by atoms with van der Waals surface area (Å²) in [6.45, 7) is 2.78. The average molecular weight is 280 g/mol. The number of hydrogen-bond acceptors (Lipinski definition) is 3. The summed E-state index contributed by atoms with van der Waals surface area (Å²) in [5.74, 6) is 0.344. The first-order valence-corrected chi connectivity index (χ1v) is 8.47. The van der Waals surface area contributed by atoms with Gasteiger partial charge in [-0.25, -0.2) is 8.42 Å². The maximum absolute atomic E-state index is 13.1. The van der Waals surface area contributed by atoms with Gasteiger partial charge in [0.1, 0.15) is 4.75 Å². The van der Waals surface area contributed by atoms with Crippen LogP contribution < -0.4 is 0 Å². The molecule has 0 amide bonds. The Hall–Kier alpha value is -0.870. The van der Waals surface area contributed by atoms with Crippen LogP contribution in [0.1, 0.15) is 32.6 Å². The minimum atomic E-state index is -3.32. The highest BCUT2D eigenvalue weighted by atomic mass is 32.2. The van der Waals surface area contributed by atoms with Crippen LogP contribution in [0.25, 0.3) is 0 Å². The van der Waals surface area contributed by atoms with Crippen LogP contribution in [0, 0.1) is 5.92 Å². The van der Waals surface area contributed by atoms with E-state index in [9.17, 15) is 8.42 Å². The highest BCUT2D eigenvalue weighted by Crippen LogP contribution is 2.48. The van der Waals surface area contributed by atoms with E-state index >= 15 is 0 Å². The molecule has 1 aliphatic carbocycles. The van der Waals surface area contributed by atoms with Crippen molar-refractivity contribution in [3.8, 4) is 0 Å². The third-order valence-electron chi connectivity index (χ3n) is 4.61. The summed E-state index contributed by atoms with van der Waals surface area (Å²) in [6, 6.07) is 8.85. The van der Waals surface area contributed by atoms with Gasteiger partial charge in [0.25, 0.3) is 0 Å². The van der Waals surface area contributed by atoms with Gasteiger partial charge in [0.15, 0.2) is 9.84 Å². The van der Waals surface area contributed by atoms with Crippen molar-refractivity contribution in [1.29, 1.82) is 0 Å². The van der Waals surface area contributed by atoms with E-state index in [1.54, 1.807) is 24.3 Å². The Morgan fingerprint density at radius 1 is 1.16 bits per heavy atom. The lowest BCUT2D eigenvalue weighted by molar-refractivity contribution is -0.126. The second-order valence-corrected chi connectivity index (χ2v) is 8.11. The highest BCUT2D eigenvalue weighted by Gasteiger charge is 2.57. The highest BCUT2D eigenvalue weighted by molar-refractivity contribution is 7.93. The van der Waals surface area contributed by atoms with Gasteiger partial charge in [-0.15, -0.1) is 0 Å². The summed E-state index contributed by atoms with van der Waals surface area (Å²) in [7, 11) is -3.32. The van der Waals surface area contributed by atoms with Gasteiger partial charge in [-0.3, -0.25) is 0 Å². The van der Waals surface area contributed by atoms with E-state index in [0.29, 0.717) is 17.4 Å². The van der Waals surface area contributed by atoms with Crippen molar-refractivity contribution < 1.29 is 13.2 Å². The van der Waals surface area contributed by atoms with Crippen LogP contribution in [0.3, 0.4) is 0 Å². The first-order valence-electron chi connectivity index (χ1n) is 6.99. The molecule has 3 rings (SSSR count). The molecule has 1 aromatic rings. The molecule has 0 unspecified atom stereocenters. The minimum absolute atomic E-state index is 0.125. The maximum Gasteiger partial charge on any atom is 0.186 e. The molecule has 19 heavy (non-hydrogen) atoms. The zero-order valence-corrected chi connectivity index (χ0v) is 12.0. The summed E-state index contributed by atoms with van der Waals surface area (Å²) < 4.78 is 31.1. The zero-order chi connectivity index (χ0) is 13.5. The fraction of sp³-hybridized carbons (Fsp3) is 0.600. The molecular weight excluding hydrogens is 260 g/mol. The molecule has 4 heteroatoms. The van der Waals surface area contributed by atoms with Gasteiger partial charge >= 0.3 is 0 Å². The molecule has 2 aliphatic rings. The Morgan fingerprint density at radius 3 is 2.26 bits per heavy atom. The van der Waals surface area contributed by atoms with E-state index in [-0.39, 0.29) is 6.10 Å². The summed E-state index contributed by atoms with van der Waals surface area (Å²) >= 11 is 0. The van der Waals surface area contributed by atoms with Gasteiger partial charge in [0, 0.05) is 5.92 Å². The molecular formula is C15H20O3S. The van der Waals surface area contributed by atoms with Crippen LogP contribution in [0.2, 0.25) is 0 Å². The molecule has 1 aromatic carbocycles. The van der Waals surface area contributed by atoms with E-state index in [2.05, 4.69) is 6.92 Å². The SMILES string of the molecule is C[C@@H]1CO[C@@H]1C1(S(=O)(=O)c2ccccc2)CCCC1.